The molecule has 4 rings (SSSR count). The molecule has 2 aromatic carbocycles. The van der Waals surface area contributed by atoms with Crippen molar-refractivity contribution in [1.29, 1.82) is 0 Å². The Morgan fingerprint density at radius 2 is 1.66 bits per heavy atom. The van der Waals surface area contributed by atoms with Crippen LogP contribution >= 0.6 is 0 Å². The normalized spacial score (nSPS) is 16.6. The van der Waals surface area contributed by atoms with Gasteiger partial charge in [0.25, 0.3) is 0 Å². The molecule has 29 heavy (non-hydrogen) atoms. The molecule has 1 aromatic heterocycles. The maximum atomic E-state index is 13.4. The van der Waals surface area contributed by atoms with E-state index in [9.17, 15) is 4.79 Å². The van der Waals surface area contributed by atoms with Crippen molar-refractivity contribution in [1.82, 2.24) is 14.4 Å². The molecule has 1 unspecified atom stereocenters. The number of benzene rings is 2. The summed E-state index contributed by atoms with van der Waals surface area (Å²) in [5, 5.41) is 0. The van der Waals surface area contributed by atoms with Crippen molar-refractivity contribution in [3.8, 4) is 0 Å². The molecule has 0 saturated heterocycles. The Morgan fingerprint density at radius 1 is 0.966 bits per heavy atom. The van der Waals surface area contributed by atoms with Gasteiger partial charge in [-0.05, 0) is 37.1 Å². The van der Waals surface area contributed by atoms with Gasteiger partial charge in [-0.2, -0.15) is 0 Å². The summed E-state index contributed by atoms with van der Waals surface area (Å²) in [4.78, 5) is 17.7. The Labute approximate surface area is 173 Å². The molecule has 4 nitrogen and oxygen atoms in total. The lowest BCUT2D eigenvalue weighted by atomic mass is 10.00. The first kappa shape index (κ1) is 19.5. The van der Waals surface area contributed by atoms with E-state index in [0.717, 1.165) is 13.1 Å². The molecule has 3 aromatic rings. The topological polar surface area (TPSA) is 28.5 Å². The third-order valence-electron chi connectivity index (χ3n) is 5.73. The van der Waals surface area contributed by atoms with E-state index in [0.29, 0.717) is 13.1 Å². The number of aromatic nitrogens is 1. The molecule has 0 bridgehead atoms. The summed E-state index contributed by atoms with van der Waals surface area (Å²) in [6.45, 7) is 7.05. The summed E-state index contributed by atoms with van der Waals surface area (Å²) in [6, 6.07) is 25.3. The van der Waals surface area contributed by atoms with Gasteiger partial charge in [-0.1, -0.05) is 60.7 Å². The number of rotatable bonds is 6. The van der Waals surface area contributed by atoms with Gasteiger partial charge in [0.15, 0.2) is 0 Å². The second kappa shape index (κ2) is 8.66. The predicted molar refractivity (Wildman–Crippen MR) is 116 cm³/mol. The van der Waals surface area contributed by atoms with Crippen molar-refractivity contribution < 1.29 is 4.79 Å². The Morgan fingerprint density at radius 3 is 2.34 bits per heavy atom. The second-order valence-corrected chi connectivity index (χ2v) is 8.01. The average Bonchev–Trinajstić information content (AvgIpc) is 3.21. The molecular weight excluding hydrogens is 358 g/mol. The first-order valence-electron chi connectivity index (χ1n) is 10.4. The Kier molecular flexibility index (Phi) is 5.81. The lowest BCUT2D eigenvalue weighted by Gasteiger charge is -2.38. The van der Waals surface area contributed by atoms with Crippen LogP contribution < -0.4 is 0 Å². The van der Waals surface area contributed by atoms with E-state index >= 15 is 0 Å². The van der Waals surface area contributed by atoms with E-state index < -0.39 is 0 Å². The van der Waals surface area contributed by atoms with Crippen LogP contribution in [0, 0.1) is 0 Å². The summed E-state index contributed by atoms with van der Waals surface area (Å²) in [6.07, 6.45) is 2.14. The van der Waals surface area contributed by atoms with Crippen LogP contribution in [-0.2, 0) is 17.9 Å². The lowest BCUT2D eigenvalue weighted by molar-refractivity contribution is -0.135. The quantitative estimate of drug-likeness (QED) is 0.630. The summed E-state index contributed by atoms with van der Waals surface area (Å²) < 4.78 is 2.31. The van der Waals surface area contributed by atoms with Crippen molar-refractivity contribution in [2.45, 2.75) is 39.0 Å². The zero-order chi connectivity index (χ0) is 20.2. The first-order valence-corrected chi connectivity index (χ1v) is 10.4. The molecule has 1 aliphatic rings. The number of amides is 1. The van der Waals surface area contributed by atoms with E-state index in [1.54, 1.807) is 0 Å². The van der Waals surface area contributed by atoms with Gasteiger partial charge in [0.2, 0.25) is 5.91 Å². The minimum atomic E-state index is 0.106. The van der Waals surface area contributed by atoms with Gasteiger partial charge in [0, 0.05) is 37.6 Å². The van der Waals surface area contributed by atoms with Crippen LogP contribution in [0.3, 0.4) is 0 Å². The molecule has 1 amide bonds. The van der Waals surface area contributed by atoms with Crippen molar-refractivity contribution in [2.24, 2.45) is 0 Å². The zero-order valence-electron chi connectivity index (χ0n) is 17.2. The van der Waals surface area contributed by atoms with E-state index in [-0.39, 0.29) is 18.0 Å². The molecule has 1 atom stereocenters. The van der Waals surface area contributed by atoms with E-state index in [4.69, 9.17) is 0 Å². The fourth-order valence-electron chi connectivity index (χ4n) is 4.22. The second-order valence-electron chi connectivity index (χ2n) is 8.01. The smallest absolute Gasteiger partial charge is 0.237 e. The highest BCUT2D eigenvalue weighted by Gasteiger charge is 2.31. The molecule has 1 aliphatic heterocycles. The van der Waals surface area contributed by atoms with Crippen LogP contribution in [0.5, 0.6) is 0 Å². The molecular formula is C25H29N3O. The number of fused-ring (bicyclic) bond motifs is 1. The molecule has 0 fully saturated rings. The highest BCUT2D eigenvalue weighted by molar-refractivity contribution is 5.78. The summed E-state index contributed by atoms with van der Waals surface area (Å²) in [5.74, 6) is 0.185. The maximum Gasteiger partial charge on any atom is 0.237 e. The molecule has 0 radical (unpaired) electrons. The van der Waals surface area contributed by atoms with Gasteiger partial charge in [0.1, 0.15) is 0 Å². The van der Waals surface area contributed by atoms with Crippen molar-refractivity contribution >= 4 is 5.91 Å². The van der Waals surface area contributed by atoms with E-state index in [1.165, 1.54) is 16.8 Å². The fraction of sp³-hybridized carbons (Fsp3) is 0.320. The van der Waals surface area contributed by atoms with Crippen molar-refractivity contribution in [2.75, 3.05) is 13.1 Å². The number of carbonyl (C=O) groups is 1. The van der Waals surface area contributed by atoms with Gasteiger partial charge < -0.3 is 9.47 Å². The van der Waals surface area contributed by atoms with Gasteiger partial charge >= 0.3 is 0 Å². The van der Waals surface area contributed by atoms with Gasteiger partial charge in [-0.25, -0.2) is 0 Å². The molecule has 0 aliphatic carbocycles. The molecule has 0 N–H and O–H groups in total. The molecule has 0 spiro atoms. The standard InChI is InChI=1S/C25H29N3O/c1-20(2)28(18-21-10-5-3-6-11-21)24(29)19-27-17-16-26-15-9-14-23(26)25(27)22-12-7-4-8-13-22/h3-15,20,25H,16-19H2,1-2H3. The van der Waals surface area contributed by atoms with E-state index in [2.05, 4.69) is 78.0 Å². The fourth-order valence-corrected chi connectivity index (χ4v) is 4.22. The number of hydrogen-bond donors (Lipinski definition) is 0. The van der Waals surface area contributed by atoms with Gasteiger partial charge in [-0.15, -0.1) is 0 Å². The van der Waals surface area contributed by atoms with Crippen LogP contribution in [-0.4, -0.2) is 39.4 Å². The lowest BCUT2D eigenvalue weighted by Crippen LogP contribution is -2.47. The highest BCUT2D eigenvalue weighted by Crippen LogP contribution is 2.32. The minimum Gasteiger partial charge on any atom is -0.348 e. The van der Waals surface area contributed by atoms with Crippen LogP contribution in [0.1, 0.15) is 36.7 Å². The Hall–Kier alpha value is -2.85. The van der Waals surface area contributed by atoms with Crippen LogP contribution in [0.4, 0.5) is 0 Å². The zero-order valence-corrected chi connectivity index (χ0v) is 17.2. The first-order chi connectivity index (χ1) is 14.1. The molecule has 0 saturated carbocycles. The predicted octanol–water partition coefficient (Wildman–Crippen LogP) is 4.33. The molecule has 4 heteroatoms. The Bertz CT molecular complexity index is 933. The van der Waals surface area contributed by atoms with Gasteiger partial charge in [0.05, 0.1) is 12.6 Å². The van der Waals surface area contributed by atoms with Crippen LogP contribution in [0.15, 0.2) is 79.0 Å². The largest absolute Gasteiger partial charge is 0.348 e. The summed E-state index contributed by atoms with van der Waals surface area (Å²) in [7, 11) is 0. The SMILES string of the molecule is CC(C)N(Cc1ccccc1)C(=O)CN1CCn2cccc2C1c1ccccc1. The summed E-state index contributed by atoms with van der Waals surface area (Å²) in [5.41, 5.74) is 3.66. The Balaban J connectivity index is 1.57. The third kappa shape index (κ3) is 4.28. The minimum absolute atomic E-state index is 0.106. The van der Waals surface area contributed by atoms with E-state index in [1.807, 2.05) is 29.2 Å². The van der Waals surface area contributed by atoms with Gasteiger partial charge in [-0.3, -0.25) is 9.69 Å². The maximum absolute atomic E-state index is 13.4. The third-order valence-corrected chi connectivity index (χ3v) is 5.73. The average molecular weight is 388 g/mol. The highest BCUT2D eigenvalue weighted by atomic mass is 16.2. The molecule has 150 valence electrons. The summed E-state index contributed by atoms with van der Waals surface area (Å²) >= 11 is 0. The van der Waals surface area contributed by atoms with Crippen molar-refractivity contribution in [3.05, 3.63) is 95.8 Å². The van der Waals surface area contributed by atoms with Crippen LogP contribution in [0.25, 0.3) is 0 Å². The monoisotopic (exact) mass is 387 g/mol. The number of hydrogen-bond acceptors (Lipinski definition) is 2. The number of nitrogens with zero attached hydrogens (tertiary/aromatic N) is 3. The molecule has 2 heterocycles. The number of carbonyl (C=O) groups excluding carboxylic acids is 1. The van der Waals surface area contributed by atoms with Crippen LogP contribution in [0.2, 0.25) is 0 Å². The van der Waals surface area contributed by atoms with Crippen molar-refractivity contribution in [3.63, 3.8) is 0 Å².